The largest absolute Gasteiger partial charge is 0.465 e. The number of benzene rings is 1. The number of likely N-dealkylation sites (N-methyl/N-ethyl adjacent to an activating group) is 1. The average Bonchev–Trinajstić information content (AvgIpc) is 2.99. The zero-order chi connectivity index (χ0) is 32.6. The summed E-state index contributed by atoms with van der Waals surface area (Å²) < 4.78 is 33.0. The highest BCUT2D eigenvalue weighted by molar-refractivity contribution is 7.88. The van der Waals surface area contributed by atoms with E-state index in [0.29, 0.717) is 45.3 Å². The monoisotopic (exact) mass is 637 g/mol. The van der Waals surface area contributed by atoms with Gasteiger partial charge in [0.15, 0.2) is 11.9 Å². The van der Waals surface area contributed by atoms with E-state index in [4.69, 9.17) is 27.0 Å². The number of nitrogens with two attached hydrogens (primary N) is 2. The van der Waals surface area contributed by atoms with Crippen molar-refractivity contribution in [1.82, 2.24) is 24.7 Å². The van der Waals surface area contributed by atoms with Crippen molar-refractivity contribution in [1.29, 1.82) is 10.8 Å². The van der Waals surface area contributed by atoms with Gasteiger partial charge in [0.05, 0.1) is 31.0 Å². The minimum Gasteiger partial charge on any atom is -0.465 e. The number of guanidine groups is 2. The second-order valence-corrected chi connectivity index (χ2v) is 13.0. The Morgan fingerprint density at radius 1 is 1.11 bits per heavy atom. The first-order valence-electron chi connectivity index (χ1n) is 14.3. The summed E-state index contributed by atoms with van der Waals surface area (Å²) in [5.41, 5.74) is 11.4. The van der Waals surface area contributed by atoms with E-state index in [0.717, 1.165) is 4.31 Å². The summed E-state index contributed by atoms with van der Waals surface area (Å²) in [7, 11) is -1.66. The molecule has 17 heteroatoms. The lowest BCUT2D eigenvalue weighted by atomic mass is 9.90. The number of methoxy groups -OCH3 is 1. The third-order valence-corrected chi connectivity index (χ3v) is 9.93. The minimum atomic E-state index is -4.15. The maximum atomic E-state index is 13.6. The van der Waals surface area contributed by atoms with Crippen LogP contribution in [0.4, 0.5) is 0 Å². The molecule has 3 rings (SSSR count). The molecule has 1 aromatic rings. The van der Waals surface area contributed by atoms with Crippen LogP contribution in [0.15, 0.2) is 24.3 Å². The Bertz CT molecular complexity index is 1330. The Morgan fingerprint density at radius 3 is 2.39 bits per heavy atom. The first-order valence-corrected chi connectivity index (χ1v) is 15.9. The third-order valence-electron chi connectivity index (χ3n) is 8.13. The molecule has 2 saturated heterocycles. The Labute approximate surface area is 257 Å². The van der Waals surface area contributed by atoms with Crippen LogP contribution < -0.4 is 22.1 Å². The Kier molecular flexibility index (Phi) is 11.9. The van der Waals surface area contributed by atoms with Gasteiger partial charge in [-0.1, -0.05) is 18.2 Å². The van der Waals surface area contributed by atoms with Crippen molar-refractivity contribution < 1.29 is 32.6 Å². The fourth-order valence-electron chi connectivity index (χ4n) is 5.53. The summed E-state index contributed by atoms with van der Waals surface area (Å²) in [6.07, 6.45) is 1.14. The molecule has 0 radical (unpaired) electrons. The number of rotatable bonds is 11. The number of piperidine rings is 2. The van der Waals surface area contributed by atoms with Crippen molar-refractivity contribution in [3.63, 3.8) is 0 Å². The number of ether oxygens (including phenoxy) is 1. The number of sulfonamides is 1. The SMILES string of the molecule is COC(=O)c1ccccc1CS(=O)(=O)N(C)[C@@H](CC1CCN(C(=N)N)CC1)C(=O)NCC(=O)NC1CCCN(C(=N)N)C1O. The van der Waals surface area contributed by atoms with Crippen LogP contribution in [-0.4, -0.2) is 116 Å². The van der Waals surface area contributed by atoms with Gasteiger partial charge in [-0.3, -0.25) is 20.4 Å². The number of carbonyl (C=O) groups excluding carboxylic acids is 3. The number of carbonyl (C=O) groups is 3. The maximum absolute atomic E-state index is 13.6. The van der Waals surface area contributed by atoms with Gasteiger partial charge in [0.2, 0.25) is 21.8 Å². The quantitative estimate of drug-likeness (QED) is 0.0836. The predicted octanol–water partition coefficient (Wildman–Crippen LogP) is -1.49. The van der Waals surface area contributed by atoms with E-state index < -0.39 is 58.4 Å². The Morgan fingerprint density at radius 2 is 1.77 bits per heavy atom. The van der Waals surface area contributed by atoms with E-state index in [2.05, 4.69) is 10.6 Å². The van der Waals surface area contributed by atoms with Crippen LogP contribution in [0.3, 0.4) is 0 Å². The number of nitrogens with one attached hydrogen (secondary N) is 4. The van der Waals surface area contributed by atoms with Crippen molar-refractivity contribution in [2.75, 3.05) is 40.3 Å². The highest BCUT2D eigenvalue weighted by Crippen LogP contribution is 2.26. The number of esters is 1. The molecule has 9 N–H and O–H groups in total. The lowest BCUT2D eigenvalue weighted by Crippen LogP contribution is -2.59. The zero-order valence-corrected chi connectivity index (χ0v) is 25.8. The van der Waals surface area contributed by atoms with E-state index in [-0.39, 0.29) is 35.4 Å². The molecule has 3 atom stereocenters. The van der Waals surface area contributed by atoms with Crippen LogP contribution >= 0.6 is 0 Å². The predicted molar refractivity (Wildman–Crippen MR) is 162 cm³/mol. The molecule has 2 aliphatic rings. The van der Waals surface area contributed by atoms with Gasteiger partial charge >= 0.3 is 5.97 Å². The van der Waals surface area contributed by atoms with E-state index in [1.54, 1.807) is 17.0 Å². The topological polar surface area (TPSA) is 248 Å². The molecular weight excluding hydrogens is 594 g/mol. The highest BCUT2D eigenvalue weighted by atomic mass is 32.2. The van der Waals surface area contributed by atoms with Gasteiger partial charge in [0.25, 0.3) is 0 Å². The number of amides is 2. The van der Waals surface area contributed by atoms with E-state index in [1.165, 1.54) is 31.2 Å². The van der Waals surface area contributed by atoms with Gasteiger partial charge in [0, 0.05) is 26.7 Å². The number of hydrogen-bond acceptors (Lipinski definition) is 9. The first kappa shape index (κ1) is 34.5. The van der Waals surface area contributed by atoms with Gasteiger partial charge in [-0.05, 0) is 49.7 Å². The Hall–Kier alpha value is -3.96. The van der Waals surface area contributed by atoms with Crippen molar-refractivity contribution in [2.24, 2.45) is 17.4 Å². The smallest absolute Gasteiger partial charge is 0.338 e. The minimum absolute atomic E-state index is 0.0535. The summed E-state index contributed by atoms with van der Waals surface area (Å²) in [6.45, 7) is 0.874. The highest BCUT2D eigenvalue weighted by Gasteiger charge is 2.36. The van der Waals surface area contributed by atoms with Crippen LogP contribution in [0.1, 0.15) is 48.0 Å². The van der Waals surface area contributed by atoms with E-state index >= 15 is 0 Å². The van der Waals surface area contributed by atoms with Crippen LogP contribution in [0, 0.1) is 16.7 Å². The molecule has 2 fully saturated rings. The zero-order valence-electron chi connectivity index (χ0n) is 25.0. The van der Waals surface area contributed by atoms with Crippen LogP contribution in [0.25, 0.3) is 0 Å². The lowest BCUT2D eigenvalue weighted by molar-refractivity contribution is -0.129. The fourth-order valence-corrected chi connectivity index (χ4v) is 6.94. The summed E-state index contributed by atoms with van der Waals surface area (Å²) in [5, 5.41) is 30.9. The van der Waals surface area contributed by atoms with Gasteiger partial charge in [-0.15, -0.1) is 0 Å². The van der Waals surface area contributed by atoms with E-state index in [9.17, 15) is 27.9 Å². The lowest BCUT2D eigenvalue weighted by Gasteiger charge is -2.38. The number of nitrogens with zero attached hydrogens (tertiary/aromatic N) is 3. The van der Waals surface area contributed by atoms with Gasteiger partial charge in [-0.2, -0.15) is 4.31 Å². The number of aliphatic hydroxyl groups is 1. The molecule has 2 amide bonds. The summed E-state index contributed by atoms with van der Waals surface area (Å²) >= 11 is 0. The van der Waals surface area contributed by atoms with Crippen LogP contribution in [0.2, 0.25) is 0 Å². The van der Waals surface area contributed by atoms with Gasteiger partial charge < -0.3 is 41.7 Å². The molecule has 1 aromatic carbocycles. The number of likely N-dealkylation sites (tertiary alicyclic amines) is 2. The molecule has 2 heterocycles. The molecular formula is C27H43N9O7S. The number of hydrogen-bond donors (Lipinski definition) is 7. The van der Waals surface area contributed by atoms with Crippen molar-refractivity contribution in [3.8, 4) is 0 Å². The van der Waals surface area contributed by atoms with Crippen molar-refractivity contribution in [2.45, 2.75) is 56.2 Å². The molecule has 2 unspecified atom stereocenters. The van der Waals surface area contributed by atoms with Crippen LogP contribution in [-0.2, 0) is 30.1 Å². The standard InChI is InChI=1S/C27H43N9O7S/c1-34(44(41,42)16-18-6-3-4-7-19(18)25(40)43-2)21(14-17-9-12-35(13-10-17)26(28)29)23(38)32-15-22(37)33-20-8-5-11-36(24(20)39)27(30)31/h3-4,6-7,17,20-21,24,39H,5,8-16H2,1-2H3,(H3,28,29)(H3,30,31)(H,32,38)(H,33,37)/t20?,21-,24?/m0/s1. The molecule has 0 bridgehead atoms. The second kappa shape index (κ2) is 15.2. The third kappa shape index (κ3) is 8.79. The van der Waals surface area contributed by atoms with Gasteiger partial charge in [0.1, 0.15) is 12.3 Å². The molecule has 0 aromatic heterocycles. The van der Waals surface area contributed by atoms with Crippen molar-refractivity contribution >= 4 is 39.7 Å². The Balaban J connectivity index is 1.74. The summed E-state index contributed by atoms with van der Waals surface area (Å²) in [5.74, 6) is -2.97. The molecule has 0 aliphatic carbocycles. The average molecular weight is 638 g/mol. The molecule has 16 nitrogen and oxygen atoms in total. The summed E-state index contributed by atoms with van der Waals surface area (Å²) in [4.78, 5) is 41.5. The molecule has 44 heavy (non-hydrogen) atoms. The number of aliphatic hydroxyl groups excluding tert-OH is 1. The van der Waals surface area contributed by atoms with Gasteiger partial charge in [-0.25, -0.2) is 13.2 Å². The summed E-state index contributed by atoms with van der Waals surface area (Å²) in [6, 6.07) is 4.26. The molecule has 244 valence electrons. The molecule has 0 spiro atoms. The van der Waals surface area contributed by atoms with E-state index in [1.807, 2.05) is 0 Å². The van der Waals surface area contributed by atoms with Crippen LogP contribution in [0.5, 0.6) is 0 Å². The fraction of sp³-hybridized carbons (Fsp3) is 0.593. The molecule has 0 saturated carbocycles. The second-order valence-electron chi connectivity index (χ2n) is 11.0. The molecule has 2 aliphatic heterocycles. The first-order chi connectivity index (χ1) is 20.7. The van der Waals surface area contributed by atoms with Crippen molar-refractivity contribution in [3.05, 3.63) is 35.4 Å². The maximum Gasteiger partial charge on any atom is 0.338 e. The normalized spacial score (nSPS) is 20.1.